The van der Waals surface area contributed by atoms with Gasteiger partial charge in [0.2, 0.25) is 0 Å². The predicted octanol–water partition coefficient (Wildman–Crippen LogP) is 4.28. The Balaban J connectivity index is 3.49. The summed E-state index contributed by atoms with van der Waals surface area (Å²) in [5.74, 6) is -0.590. The van der Waals surface area contributed by atoms with Crippen molar-refractivity contribution in [1.29, 1.82) is 0 Å². The van der Waals surface area contributed by atoms with Gasteiger partial charge in [0, 0.05) is 13.6 Å². The molecule has 1 nitrogen and oxygen atoms in total. The summed E-state index contributed by atoms with van der Waals surface area (Å²) in [7, 11) is 0. The molecule has 82 valence electrons. The first-order chi connectivity index (χ1) is 6.73. The van der Waals surface area contributed by atoms with Crippen LogP contribution in [0.2, 0.25) is 0 Å². The number of hydrogen-bond donors (Lipinski definition) is 0. The number of Topliss-reactive ketones (excluding diaryl/α,β-unsaturated/α-hetero) is 1. The number of carbonyl (C=O) groups excluding carboxylic acids is 1. The summed E-state index contributed by atoms with van der Waals surface area (Å²) >= 11 is 4.86. The van der Waals surface area contributed by atoms with E-state index < -0.39 is 17.5 Å². The Morgan fingerprint density at radius 1 is 1.40 bits per heavy atom. The van der Waals surface area contributed by atoms with E-state index in [1.165, 1.54) is 6.07 Å². The second-order valence-corrected chi connectivity index (χ2v) is 4.88. The number of rotatable bonds is 1. The van der Waals surface area contributed by atoms with E-state index in [0.717, 1.165) is 13.0 Å². The van der Waals surface area contributed by atoms with E-state index >= 15 is 0 Å². The van der Waals surface area contributed by atoms with Crippen LogP contribution in [0.5, 0.6) is 0 Å². The Hall–Kier alpha value is -0.110. The average molecular weight is 393 g/mol. The van der Waals surface area contributed by atoms with Gasteiger partial charge in [-0.15, -0.1) is 0 Å². The summed E-state index contributed by atoms with van der Waals surface area (Å²) in [5, 5.41) is 0. The molecule has 1 aromatic rings. The summed E-state index contributed by atoms with van der Waals surface area (Å²) in [6.07, 6.45) is -4.51. The number of hydrogen-bond acceptors (Lipinski definition) is 1. The van der Waals surface area contributed by atoms with Crippen LogP contribution in [-0.4, -0.2) is 5.78 Å². The molecule has 0 aliphatic carbocycles. The first-order valence-electron chi connectivity index (χ1n) is 3.80. The van der Waals surface area contributed by atoms with Crippen molar-refractivity contribution in [1.82, 2.24) is 0 Å². The topological polar surface area (TPSA) is 17.1 Å². The van der Waals surface area contributed by atoms with Crippen LogP contribution in [0.4, 0.5) is 13.2 Å². The third kappa shape index (κ3) is 2.93. The van der Waals surface area contributed by atoms with E-state index in [4.69, 9.17) is 0 Å². The summed E-state index contributed by atoms with van der Waals surface area (Å²) in [4.78, 5) is 11.1. The molecule has 0 radical (unpaired) electrons. The molecule has 15 heavy (non-hydrogen) atoms. The number of benzene rings is 1. The van der Waals surface area contributed by atoms with E-state index in [-0.39, 0.29) is 5.56 Å². The largest absolute Gasteiger partial charge is 0.417 e. The fourth-order valence-electron chi connectivity index (χ4n) is 1.07. The van der Waals surface area contributed by atoms with E-state index in [2.05, 4.69) is 15.9 Å². The predicted molar refractivity (Wildman–Crippen MR) is 61.9 cm³/mol. The molecule has 1 aromatic carbocycles. The third-order valence-corrected chi connectivity index (χ3v) is 4.03. The Bertz CT molecular complexity index is 415. The minimum absolute atomic E-state index is 0.296. The van der Waals surface area contributed by atoms with Gasteiger partial charge in [0.15, 0.2) is 5.78 Å². The molecule has 0 aliphatic heterocycles. The Morgan fingerprint density at radius 2 is 1.93 bits per heavy atom. The summed E-state index contributed by atoms with van der Waals surface area (Å²) < 4.78 is 38.5. The highest BCUT2D eigenvalue weighted by atomic mass is 127. The normalized spacial score (nSPS) is 11.6. The number of alkyl halides is 3. The fraction of sp³-hybridized carbons (Fsp3) is 0.222. The van der Waals surface area contributed by atoms with E-state index in [1.54, 1.807) is 0 Å². The lowest BCUT2D eigenvalue weighted by molar-refractivity contribution is -0.138. The summed E-state index contributed by atoms with van der Waals surface area (Å²) in [5.41, 5.74) is -1.20. The quantitative estimate of drug-likeness (QED) is 0.515. The molecule has 0 saturated carbocycles. The van der Waals surface area contributed by atoms with Crippen LogP contribution in [0.1, 0.15) is 22.8 Å². The number of halogens is 5. The molecule has 0 fully saturated rings. The van der Waals surface area contributed by atoms with Crippen molar-refractivity contribution in [3.8, 4) is 0 Å². The zero-order valence-corrected chi connectivity index (χ0v) is 11.2. The molecule has 0 heterocycles. The maximum atomic E-state index is 12.5. The highest BCUT2D eigenvalue weighted by Gasteiger charge is 2.35. The van der Waals surface area contributed by atoms with E-state index in [0.29, 0.717) is 8.04 Å². The SMILES string of the molecule is CC(=O)c1cc(I)c(Br)cc1C(F)(F)F. The molecular weight excluding hydrogens is 388 g/mol. The zero-order chi connectivity index (χ0) is 11.8. The lowest BCUT2D eigenvalue weighted by Crippen LogP contribution is -2.12. The highest BCUT2D eigenvalue weighted by molar-refractivity contribution is 14.1. The molecule has 0 unspecified atom stereocenters. The number of carbonyl (C=O) groups is 1. The van der Waals surface area contributed by atoms with Gasteiger partial charge in [-0.2, -0.15) is 13.2 Å². The van der Waals surface area contributed by atoms with Crippen LogP contribution >= 0.6 is 38.5 Å². The first kappa shape index (κ1) is 13.0. The lowest BCUT2D eigenvalue weighted by Gasteiger charge is -2.12. The van der Waals surface area contributed by atoms with Crippen LogP contribution in [-0.2, 0) is 6.18 Å². The molecule has 1 rings (SSSR count). The van der Waals surface area contributed by atoms with E-state index in [9.17, 15) is 18.0 Å². The first-order valence-corrected chi connectivity index (χ1v) is 5.68. The standard InChI is InChI=1S/C9H5BrF3IO/c1-4(15)5-2-8(14)7(10)3-6(5)9(11,12)13/h2-3H,1H3. The van der Waals surface area contributed by atoms with Crippen molar-refractivity contribution >= 4 is 44.3 Å². The van der Waals surface area contributed by atoms with Gasteiger partial charge in [-0.1, -0.05) is 0 Å². The van der Waals surface area contributed by atoms with Crippen LogP contribution < -0.4 is 0 Å². The molecule has 0 aliphatic rings. The Kier molecular flexibility index (Phi) is 3.80. The van der Waals surface area contributed by atoms with Crippen molar-refractivity contribution in [2.45, 2.75) is 13.1 Å². The van der Waals surface area contributed by atoms with Crippen molar-refractivity contribution < 1.29 is 18.0 Å². The molecular formula is C9H5BrF3IO. The van der Waals surface area contributed by atoms with Crippen molar-refractivity contribution in [3.63, 3.8) is 0 Å². The van der Waals surface area contributed by atoms with Crippen molar-refractivity contribution in [2.24, 2.45) is 0 Å². The van der Waals surface area contributed by atoms with Gasteiger partial charge in [-0.3, -0.25) is 4.79 Å². The molecule has 0 N–H and O–H groups in total. The second kappa shape index (κ2) is 4.40. The minimum atomic E-state index is -4.51. The minimum Gasteiger partial charge on any atom is -0.294 e. The van der Waals surface area contributed by atoms with Gasteiger partial charge in [-0.25, -0.2) is 0 Å². The van der Waals surface area contributed by atoms with Gasteiger partial charge in [0.25, 0.3) is 0 Å². The van der Waals surface area contributed by atoms with Crippen LogP contribution in [0.3, 0.4) is 0 Å². The van der Waals surface area contributed by atoms with Gasteiger partial charge in [0.1, 0.15) is 0 Å². The molecule has 0 amide bonds. The van der Waals surface area contributed by atoms with Gasteiger partial charge in [-0.05, 0) is 57.6 Å². The lowest BCUT2D eigenvalue weighted by atomic mass is 10.0. The third-order valence-electron chi connectivity index (χ3n) is 1.75. The molecule has 0 saturated heterocycles. The van der Waals surface area contributed by atoms with E-state index in [1.807, 2.05) is 22.6 Å². The smallest absolute Gasteiger partial charge is 0.294 e. The van der Waals surface area contributed by atoms with Crippen LogP contribution in [0.15, 0.2) is 16.6 Å². The summed E-state index contributed by atoms with van der Waals surface area (Å²) in [6.45, 7) is 1.12. The monoisotopic (exact) mass is 392 g/mol. The Labute approximate surface area is 106 Å². The van der Waals surface area contributed by atoms with Crippen LogP contribution in [0.25, 0.3) is 0 Å². The molecule has 0 atom stereocenters. The second-order valence-electron chi connectivity index (χ2n) is 2.87. The van der Waals surface area contributed by atoms with Gasteiger partial charge in [0.05, 0.1) is 5.56 Å². The Morgan fingerprint density at radius 3 is 2.33 bits per heavy atom. The van der Waals surface area contributed by atoms with Crippen LogP contribution in [0, 0.1) is 3.57 Å². The number of ketones is 1. The average Bonchev–Trinajstić information content (AvgIpc) is 2.06. The zero-order valence-electron chi connectivity index (χ0n) is 7.45. The fourth-order valence-corrected chi connectivity index (χ4v) is 1.88. The van der Waals surface area contributed by atoms with Crippen molar-refractivity contribution in [3.05, 3.63) is 31.3 Å². The highest BCUT2D eigenvalue weighted by Crippen LogP contribution is 2.35. The molecule has 0 spiro atoms. The maximum absolute atomic E-state index is 12.5. The van der Waals surface area contributed by atoms with Gasteiger partial charge >= 0.3 is 6.18 Å². The maximum Gasteiger partial charge on any atom is 0.417 e. The molecule has 0 aromatic heterocycles. The molecule has 6 heteroatoms. The summed E-state index contributed by atoms with van der Waals surface area (Å²) in [6, 6.07) is 2.16. The molecule has 0 bridgehead atoms. The van der Waals surface area contributed by atoms with Crippen molar-refractivity contribution in [2.75, 3.05) is 0 Å². The van der Waals surface area contributed by atoms with Gasteiger partial charge < -0.3 is 0 Å².